The molecule has 23 heavy (non-hydrogen) atoms. The second-order valence-electron chi connectivity index (χ2n) is 6.56. The number of amides is 1. The third-order valence-electron chi connectivity index (χ3n) is 4.82. The minimum Gasteiger partial charge on any atom is -0.379 e. The molecule has 2 fully saturated rings. The van der Waals surface area contributed by atoms with Crippen LogP contribution < -0.4 is 5.32 Å². The van der Waals surface area contributed by atoms with Gasteiger partial charge in [0.1, 0.15) is 0 Å². The number of hydrogen-bond donors (Lipinski definition) is 1. The molecular weight excluding hydrogens is 312 g/mol. The predicted molar refractivity (Wildman–Crippen MR) is 91.4 cm³/mol. The summed E-state index contributed by atoms with van der Waals surface area (Å²) in [5.74, 6) is 0.345. The van der Waals surface area contributed by atoms with E-state index >= 15 is 0 Å². The number of nitrogens with one attached hydrogen (secondary N) is 1. The van der Waals surface area contributed by atoms with Gasteiger partial charge in [-0.05, 0) is 50.4 Å². The van der Waals surface area contributed by atoms with E-state index in [0.717, 1.165) is 62.5 Å². The molecule has 5 heteroatoms. The van der Waals surface area contributed by atoms with E-state index in [0.29, 0.717) is 6.61 Å². The van der Waals surface area contributed by atoms with E-state index in [2.05, 4.69) is 16.3 Å². The quantitative estimate of drug-likeness (QED) is 0.919. The number of nitrogens with zero attached hydrogens (tertiary/aromatic N) is 1. The van der Waals surface area contributed by atoms with Gasteiger partial charge in [-0.3, -0.25) is 9.69 Å². The smallest absolute Gasteiger partial charge is 0.223 e. The molecule has 0 unspecified atom stereocenters. The van der Waals surface area contributed by atoms with Gasteiger partial charge in [-0.1, -0.05) is 29.8 Å². The monoisotopic (exact) mass is 336 g/mol. The third kappa shape index (κ3) is 4.69. The SMILES string of the molecule is O=C(N[C@@H]1CCCOC1)C1CCN(Cc2ccccc2Cl)CC1. The maximum absolute atomic E-state index is 12.4. The average molecular weight is 337 g/mol. The summed E-state index contributed by atoms with van der Waals surface area (Å²) in [5.41, 5.74) is 1.16. The van der Waals surface area contributed by atoms with Crippen molar-refractivity contribution in [1.29, 1.82) is 0 Å². The normalized spacial score (nSPS) is 23.6. The molecular formula is C18H25ClN2O2. The number of ether oxygens (including phenoxy) is 1. The molecule has 3 rings (SSSR count). The van der Waals surface area contributed by atoms with E-state index in [-0.39, 0.29) is 17.9 Å². The van der Waals surface area contributed by atoms with Crippen LogP contribution in [0.5, 0.6) is 0 Å². The highest BCUT2D eigenvalue weighted by Gasteiger charge is 2.27. The van der Waals surface area contributed by atoms with Crippen molar-refractivity contribution in [2.75, 3.05) is 26.3 Å². The molecule has 0 aliphatic carbocycles. The molecule has 0 saturated carbocycles. The number of hydrogen-bond acceptors (Lipinski definition) is 3. The van der Waals surface area contributed by atoms with Crippen LogP contribution in [-0.2, 0) is 16.1 Å². The lowest BCUT2D eigenvalue weighted by molar-refractivity contribution is -0.128. The van der Waals surface area contributed by atoms with Crippen molar-refractivity contribution in [1.82, 2.24) is 10.2 Å². The van der Waals surface area contributed by atoms with E-state index in [9.17, 15) is 4.79 Å². The fraction of sp³-hybridized carbons (Fsp3) is 0.611. The molecule has 1 N–H and O–H groups in total. The van der Waals surface area contributed by atoms with Crippen molar-refractivity contribution < 1.29 is 9.53 Å². The van der Waals surface area contributed by atoms with Crippen molar-refractivity contribution in [2.24, 2.45) is 5.92 Å². The van der Waals surface area contributed by atoms with Crippen molar-refractivity contribution in [3.63, 3.8) is 0 Å². The summed E-state index contributed by atoms with van der Waals surface area (Å²) in [4.78, 5) is 14.8. The zero-order chi connectivity index (χ0) is 16.1. The molecule has 0 radical (unpaired) electrons. The number of carbonyl (C=O) groups is 1. The first-order valence-electron chi connectivity index (χ1n) is 8.56. The summed E-state index contributed by atoms with van der Waals surface area (Å²) in [7, 11) is 0. The van der Waals surface area contributed by atoms with Crippen LogP contribution in [0.2, 0.25) is 5.02 Å². The number of carbonyl (C=O) groups excluding carboxylic acids is 1. The third-order valence-corrected chi connectivity index (χ3v) is 5.19. The van der Waals surface area contributed by atoms with Crippen LogP contribution >= 0.6 is 11.6 Å². The van der Waals surface area contributed by atoms with E-state index in [4.69, 9.17) is 16.3 Å². The molecule has 0 spiro atoms. The summed E-state index contributed by atoms with van der Waals surface area (Å²) < 4.78 is 5.43. The number of likely N-dealkylation sites (tertiary alicyclic amines) is 1. The highest BCUT2D eigenvalue weighted by molar-refractivity contribution is 6.31. The van der Waals surface area contributed by atoms with Gasteiger partial charge in [-0.25, -0.2) is 0 Å². The Balaban J connectivity index is 1.44. The Bertz CT molecular complexity index is 524. The lowest BCUT2D eigenvalue weighted by atomic mass is 9.95. The number of piperidine rings is 1. The van der Waals surface area contributed by atoms with E-state index in [1.54, 1.807) is 0 Å². The lowest BCUT2D eigenvalue weighted by Crippen LogP contribution is -2.46. The second-order valence-corrected chi connectivity index (χ2v) is 6.97. The van der Waals surface area contributed by atoms with Gasteiger partial charge in [-0.2, -0.15) is 0 Å². The van der Waals surface area contributed by atoms with Gasteiger partial charge in [0.05, 0.1) is 12.6 Å². The number of rotatable bonds is 4. The first-order valence-corrected chi connectivity index (χ1v) is 8.94. The Morgan fingerprint density at radius 2 is 2.04 bits per heavy atom. The van der Waals surface area contributed by atoms with Crippen LogP contribution in [-0.4, -0.2) is 43.2 Å². The van der Waals surface area contributed by atoms with Gasteiger partial charge in [0.25, 0.3) is 0 Å². The van der Waals surface area contributed by atoms with Gasteiger partial charge in [-0.15, -0.1) is 0 Å². The van der Waals surface area contributed by atoms with Gasteiger partial charge in [0.2, 0.25) is 5.91 Å². The zero-order valence-electron chi connectivity index (χ0n) is 13.5. The predicted octanol–water partition coefficient (Wildman–Crippen LogP) is 2.85. The van der Waals surface area contributed by atoms with Crippen LogP contribution in [0.1, 0.15) is 31.2 Å². The molecule has 0 aromatic heterocycles. The minimum absolute atomic E-state index is 0.138. The van der Waals surface area contributed by atoms with Crippen LogP contribution in [0, 0.1) is 5.92 Å². The molecule has 0 bridgehead atoms. The maximum Gasteiger partial charge on any atom is 0.223 e. The van der Waals surface area contributed by atoms with Crippen molar-refractivity contribution in [3.05, 3.63) is 34.9 Å². The Morgan fingerprint density at radius 3 is 2.74 bits per heavy atom. The second kappa shape index (κ2) is 8.13. The molecule has 1 amide bonds. The molecule has 126 valence electrons. The Labute approximate surface area is 143 Å². The largest absolute Gasteiger partial charge is 0.379 e. The Morgan fingerprint density at radius 1 is 1.26 bits per heavy atom. The number of benzene rings is 1. The first kappa shape index (κ1) is 16.7. The van der Waals surface area contributed by atoms with Gasteiger partial charge >= 0.3 is 0 Å². The average Bonchev–Trinajstić information content (AvgIpc) is 2.58. The van der Waals surface area contributed by atoms with Crippen LogP contribution in [0.15, 0.2) is 24.3 Å². The summed E-state index contributed by atoms with van der Waals surface area (Å²) in [6.45, 7) is 4.25. The maximum atomic E-state index is 12.4. The summed E-state index contributed by atoms with van der Waals surface area (Å²) in [5, 5.41) is 3.98. The van der Waals surface area contributed by atoms with Gasteiger partial charge < -0.3 is 10.1 Å². The molecule has 2 aliphatic rings. The first-order chi connectivity index (χ1) is 11.2. The highest BCUT2D eigenvalue weighted by Crippen LogP contribution is 2.22. The standard InChI is InChI=1S/C18H25ClN2O2/c19-17-6-2-1-4-15(17)12-21-9-7-14(8-10-21)18(22)20-16-5-3-11-23-13-16/h1-2,4,6,14,16H,3,5,7-13H2,(H,20,22)/t16-/m1/s1. The van der Waals surface area contributed by atoms with Crippen LogP contribution in [0.25, 0.3) is 0 Å². The van der Waals surface area contributed by atoms with Crippen molar-refractivity contribution in [3.8, 4) is 0 Å². The summed E-state index contributed by atoms with van der Waals surface area (Å²) >= 11 is 6.23. The van der Waals surface area contributed by atoms with Crippen LogP contribution in [0.3, 0.4) is 0 Å². The molecule has 2 aliphatic heterocycles. The van der Waals surface area contributed by atoms with Crippen molar-refractivity contribution >= 4 is 17.5 Å². The summed E-state index contributed by atoms with van der Waals surface area (Å²) in [6.07, 6.45) is 3.92. The van der Waals surface area contributed by atoms with E-state index < -0.39 is 0 Å². The van der Waals surface area contributed by atoms with E-state index in [1.165, 1.54) is 0 Å². The molecule has 1 aromatic carbocycles. The van der Waals surface area contributed by atoms with Crippen molar-refractivity contribution in [2.45, 2.75) is 38.3 Å². The van der Waals surface area contributed by atoms with Gasteiger partial charge in [0.15, 0.2) is 0 Å². The topological polar surface area (TPSA) is 41.6 Å². The fourth-order valence-electron chi connectivity index (χ4n) is 3.39. The molecule has 4 nitrogen and oxygen atoms in total. The lowest BCUT2D eigenvalue weighted by Gasteiger charge is -2.32. The molecule has 1 aromatic rings. The molecule has 2 saturated heterocycles. The fourth-order valence-corrected chi connectivity index (χ4v) is 3.59. The molecule has 2 heterocycles. The molecule has 1 atom stereocenters. The Kier molecular flexibility index (Phi) is 5.92. The highest BCUT2D eigenvalue weighted by atomic mass is 35.5. The number of halogens is 1. The zero-order valence-corrected chi connectivity index (χ0v) is 14.2. The summed E-state index contributed by atoms with van der Waals surface area (Å²) in [6, 6.07) is 8.19. The minimum atomic E-state index is 0.138. The van der Waals surface area contributed by atoms with Gasteiger partial charge in [0, 0.05) is 24.1 Å². The Hall–Kier alpha value is -1.10. The van der Waals surface area contributed by atoms with E-state index in [1.807, 2.05) is 18.2 Å². The van der Waals surface area contributed by atoms with Crippen LogP contribution in [0.4, 0.5) is 0 Å².